The van der Waals surface area contributed by atoms with E-state index in [0.29, 0.717) is 12.1 Å². The van der Waals surface area contributed by atoms with Crippen molar-refractivity contribution >= 4 is 23.2 Å². The molecule has 1 N–H and O–H groups in total. The van der Waals surface area contributed by atoms with Crippen LogP contribution in [0.25, 0.3) is 0 Å². The van der Waals surface area contributed by atoms with Crippen LogP contribution in [0.3, 0.4) is 0 Å². The van der Waals surface area contributed by atoms with Crippen LogP contribution in [-0.4, -0.2) is 54.8 Å². The monoisotopic (exact) mass is 399 g/mol. The number of benzene rings is 1. The lowest BCUT2D eigenvalue weighted by Crippen LogP contribution is -2.45. The highest BCUT2D eigenvalue weighted by Crippen LogP contribution is 2.43. The van der Waals surface area contributed by atoms with Gasteiger partial charge in [0.25, 0.3) is 5.91 Å². The summed E-state index contributed by atoms with van der Waals surface area (Å²) in [7, 11) is 1.79. The lowest BCUT2D eigenvalue weighted by molar-refractivity contribution is -0.124. The minimum atomic E-state index is -0.397. The number of amides is 2. The second-order valence-electron chi connectivity index (χ2n) is 7.11. The third kappa shape index (κ3) is 4.13. The second-order valence-corrected chi connectivity index (χ2v) is 8.09. The fourth-order valence-corrected chi connectivity index (χ4v) is 4.84. The lowest BCUT2D eigenvalue weighted by atomic mass is 9.81. The van der Waals surface area contributed by atoms with E-state index in [1.54, 1.807) is 23.3 Å². The van der Waals surface area contributed by atoms with Crippen molar-refractivity contribution in [3.05, 3.63) is 57.8 Å². The number of carbonyl (C=O) groups is 2. The number of hydrogen-bond acceptors (Lipinski definition) is 4. The van der Waals surface area contributed by atoms with Gasteiger partial charge >= 0.3 is 0 Å². The highest BCUT2D eigenvalue weighted by molar-refractivity contribution is 7.10. The van der Waals surface area contributed by atoms with Crippen molar-refractivity contribution in [1.82, 2.24) is 15.1 Å². The second kappa shape index (κ2) is 9.34. The Morgan fingerprint density at radius 2 is 1.93 bits per heavy atom. The maximum atomic E-state index is 13.2. The minimum Gasteiger partial charge on any atom is -0.355 e. The maximum absolute atomic E-state index is 13.2. The van der Waals surface area contributed by atoms with Crippen LogP contribution in [0.15, 0.2) is 41.8 Å². The summed E-state index contributed by atoms with van der Waals surface area (Å²) >= 11 is 1.59. The molecule has 5 nitrogen and oxygen atoms in total. The van der Waals surface area contributed by atoms with Crippen molar-refractivity contribution in [2.45, 2.75) is 32.2 Å². The average molecular weight is 400 g/mol. The third-order valence-electron chi connectivity index (χ3n) is 5.54. The predicted molar refractivity (Wildman–Crippen MR) is 114 cm³/mol. The molecule has 0 saturated carbocycles. The summed E-state index contributed by atoms with van der Waals surface area (Å²) in [4.78, 5) is 31.2. The first-order valence-corrected chi connectivity index (χ1v) is 10.9. The number of likely N-dealkylation sites (N-methyl/N-ethyl adjacent to an activating group) is 1. The van der Waals surface area contributed by atoms with Crippen LogP contribution < -0.4 is 5.32 Å². The molecule has 6 heteroatoms. The molecule has 2 unspecified atom stereocenters. The zero-order valence-corrected chi connectivity index (χ0v) is 17.7. The maximum Gasteiger partial charge on any atom is 0.254 e. The molecule has 0 fully saturated rings. The zero-order valence-electron chi connectivity index (χ0n) is 16.9. The zero-order chi connectivity index (χ0) is 20.1. The molecule has 0 spiro atoms. The summed E-state index contributed by atoms with van der Waals surface area (Å²) in [5.74, 6) is -0.435. The van der Waals surface area contributed by atoms with Gasteiger partial charge in [-0.05, 0) is 49.1 Å². The number of fused-ring (bicyclic) bond motifs is 1. The number of nitrogens with one attached hydrogen (secondary N) is 1. The Kier molecular flexibility index (Phi) is 6.86. The van der Waals surface area contributed by atoms with Crippen LogP contribution in [0.2, 0.25) is 0 Å². The lowest BCUT2D eigenvalue weighted by Gasteiger charge is -2.39. The molecule has 1 aromatic heterocycles. The topological polar surface area (TPSA) is 52.7 Å². The molecule has 0 saturated heterocycles. The number of nitrogens with zero attached hydrogens (tertiary/aromatic N) is 2. The largest absolute Gasteiger partial charge is 0.355 e. The number of thiophene rings is 1. The van der Waals surface area contributed by atoms with Crippen LogP contribution in [0, 0.1) is 0 Å². The van der Waals surface area contributed by atoms with Gasteiger partial charge in [0.2, 0.25) is 5.91 Å². The van der Waals surface area contributed by atoms with Gasteiger partial charge in [0.15, 0.2) is 0 Å². The summed E-state index contributed by atoms with van der Waals surface area (Å²) in [5, 5.41) is 5.12. The molecule has 1 aliphatic rings. The molecule has 0 aliphatic carbocycles. The Morgan fingerprint density at radius 3 is 2.61 bits per heavy atom. The van der Waals surface area contributed by atoms with E-state index < -0.39 is 5.92 Å². The Bertz CT molecular complexity index is 802. The third-order valence-corrected chi connectivity index (χ3v) is 6.48. The van der Waals surface area contributed by atoms with Crippen molar-refractivity contribution in [1.29, 1.82) is 0 Å². The molecule has 1 aromatic carbocycles. The molecule has 2 heterocycles. The van der Waals surface area contributed by atoms with E-state index in [-0.39, 0.29) is 17.9 Å². The van der Waals surface area contributed by atoms with E-state index in [9.17, 15) is 9.59 Å². The van der Waals surface area contributed by atoms with E-state index in [1.165, 1.54) is 0 Å². The molecule has 3 rings (SSSR count). The highest BCUT2D eigenvalue weighted by Gasteiger charge is 2.42. The SMILES string of the molecule is CCN(CC)CCCNC(=O)C1c2ccccc2C(=O)N(C)C1c1cccs1. The molecular weight excluding hydrogens is 370 g/mol. The van der Waals surface area contributed by atoms with Gasteiger partial charge in [-0.3, -0.25) is 9.59 Å². The molecule has 0 radical (unpaired) electrons. The van der Waals surface area contributed by atoms with E-state index in [1.807, 2.05) is 41.8 Å². The molecular formula is C22H29N3O2S. The normalized spacial score (nSPS) is 19.0. The Hall–Kier alpha value is -2.18. The summed E-state index contributed by atoms with van der Waals surface area (Å²) < 4.78 is 0. The molecule has 2 amide bonds. The molecule has 0 bridgehead atoms. The van der Waals surface area contributed by atoms with Gasteiger partial charge < -0.3 is 15.1 Å². The predicted octanol–water partition coefficient (Wildman–Crippen LogP) is 3.51. The van der Waals surface area contributed by atoms with Gasteiger partial charge in [0, 0.05) is 24.0 Å². The van der Waals surface area contributed by atoms with Gasteiger partial charge in [0.05, 0.1) is 12.0 Å². The summed E-state index contributed by atoms with van der Waals surface area (Å²) in [6, 6.07) is 11.2. The first-order chi connectivity index (χ1) is 13.6. The number of rotatable bonds is 8. The van der Waals surface area contributed by atoms with E-state index in [2.05, 4.69) is 24.1 Å². The van der Waals surface area contributed by atoms with Crippen molar-refractivity contribution in [3.63, 3.8) is 0 Å². The molecule has 28 heavy (non-hydrogen) atoms. The van der Waals surface area contributed by atoms with Crippen molar-refractivity contribution < 1.29 is 9.59 Å². The Labute approximate surface area is 171 Å². The highest BCUT2D eigenvalue weighted by atomic mass is 32.1. The van der Waals surface area contributed by atoms with Gasteiger partial charge in [-0.1, -0.05) is 38.1 Å². The first kappa shape index (κ1) is 20.6. The molecule has 1 aliphatic heterocycles. The van der Waals surface area contributed by atoms with E-state index >= 15 is 0 Å². The Balaban J connectivity index is 1.81. The quantitative estimate of drug-likeness (QED) is 0.691. The Morgan fingerprint density at radius 1 is 1.18 bits per heavy atom. The van der Waals surface area contributed by atoms with Crippen LogP contribution in [0.4, 0.5) is 0 Å². The van der Waals surface area contributed by atoms with Crippen LogP contribution in [0.5, 0.6) is 0 Å². The summed E-state index contributed by atoms with van der Waals surface area (Å²) in [6.07, 6.45) is 0.917. The van der Waals surface area contributed by atoms with E-state index in [4.69, 9.17) is 0 Å². The van der Waals surface area contributed by atoms with Gasteiger partial charge in [-0.25, -0.2) is 0 Å². The molecule has 150 valence electrons. The first-order valence-electron chi connectivity index (χ1n) is 9.98. The fraction of sp³-hybridized carbons (Fsp3) is 0.455. The number of hydrogen-bond donors (Lipinski definition) is 1. The van der Waals surface area contributed by atoms with Gasteiger partial charge in [-0.2, -0.15) is 0 Å². The van der Waals surface area contributed by atoms with Gasteiger partial charge in [0.1, 0.15) is 0 Å². The average Bonchev–Trinajstić information content (AvgIpc) is 3.24. The fourth-order valence-electron chi connectivity index (χ4n) is 3.94. The van der Waals surface area contributed by atoms with E-state index in [0.717, 1.165) is 36.5 Å². The minimum absolute atomic E-state index is 0.00949. The summed E-state index contributed by atoms with van der Waals surface area (Å²) in [5.41, 5.74) is 1.45. The van der Waals surface area contributed by atoms with Crippen LogP contribution in [0.1, 0.15) is 53.0 Å². The summed E-state index contributed by atoms with van der Waals surface area (Å²) in [6.45, 7) is 7.96. The molecule has 2 aromatic rings. The van der Waals surface area contributed by atoms with Crippen LogP contribution >= 0.6 is 11.3 Å². The van der Waals surface area contributed by atoms with Crippen molar-refractivity contribution in [2.75, 3.05) is 33.2 Å². The van der Waals surface area contributed by atoms with Gasteiger partial charge in [-0.15, -0.1) is 11.3 Å². The molecule has 2 atom stereocenters. The van der Waals surface area contributed by atoms with Crippen molar-refractivity contribution in [3.8, 4) is 0 Å². The van der Waals surface area contributed by atoms with Crippen molar-refractivity contribution in [2.24, 2.45) is 0 Å². The standard InChI is InChI=1S/C22H29N3O2S/c1-4-25(5-2)14-9-13-23-21(26)19-16-10-6-7-11-17(16)22(27)24(3)20(19)18-12-8-15-28-18/h6-8,10-12,15,19-20H,4-5,9,13-14H2,1-3H3,(H,23,26). The smallest absolute Gasteiger partial charge is 0.254 e. The van der Waals surface area contributed by atoms with Crippen LogP contribution in [-0.2, 0) is 4.79 Å². The number of carbonyl (C=O) groups excluding carboxylic acids is 2.